The summed E-state index contributed by atoms with van der Waals surface area (Å²) in [6.45, 7) is 4.08. The van der Waals surface area contributed by atoms with Crippen LogP contribution in [0.15, 0.2) is 48.7 Å². The minimum Gasteiger partial charge on any atom is -0.354 e. The van der Waals surface area contributed by atoms with Crippen molar-refractivity contribution in [2.24, 2.45) is 0 Å². The molecule has 2 aromatic heterocycles. The minimum atomic E-state index is 0.0716. The number of halogens is 1. The number of aromatic nitrogens is 2. The van der Waals surface area contributed by atoms with Crippen molar-refractivity contribution in [2.45, 2.75) is 39.2 Å². The first-order chi connectivity index (χ1) is 12.1. The first-order valence-electron chi connectivity index (χ1n) is 8.59. The van der Waals surface area contributed by atoms with Gasteiger partial charge in [0.25, 0.3) is 0 Å². The van der Waals surface area contributed by atoms with E-state index in [1.807, 2.05) is 55.6 Å². The number of carbonyl (C=O) groups excluding carboxylic acids is 1. The molecule has 0 saturated heterocycles. The second-order valence-electron chi connectivity index (χ2n) is 6.22. The molecule has 1 atom stereocenters. The fourth-order valence-electron chi connectivity index (χ4n) is 2.81. The summed E-state index contributed by atoms with van der Waals surface area (Å²) in [7, 11) is 0. The molecule has 1 amide bonds. The smallest absolute Gasteiger partial charge is 0.220 e. The molecular formula is C20H22ClN3O. The zero-order valence-electron chi connectivity index (χ0n) is 14.5. The van der Waals surface area contributed by atoms with E-state index in [4.69, 9.17) is 16.6 Å². The summed E-state index contributed by atoms with van der Waals surface area (Å²) in [6.07, 6.45) is 3.99. The number of carbonyl (C=O) groups is 1. The Balaban J connectivity index is 1.91. The third kappa shape index (κ3) is 4.02. The van der Waals surface area contributed by atoms with E-state index in [0.717, 1.165) is 29.0 Å². The summed E-state index contributed by atoms with van der Waals surface area (Å²) in [5.41, 5.74) is 3.83. The SMILES string of the molecule is CC[C@H](C)NC(=O)CCc1c(-c2ccc(Cl)cc2)nc2ccccn12. The van der Waals surface area contributed by atoms with Gasteiger partial charge in [-0.2, -0.15) is 0 Å². The molecule has 0 aliphatic carbocycles. The molecule has 0 spiro atoms. The molecule has 0 radical (unpaired) electrons. The van der Waals surface area contributed by atoms with E-state index in [1.165, 1.54) is 0 Å². The number of nitrogens with one attached hydrogen (secondary N) is 1. The van der Waals surface area contributed by atoms with Crippen molar-refractivity contribution in [3.63, 3.8) is 0 Å². The van der Waals surface area contributed by atoms with Crippen LogP contribution in [0.3, 0.4) is 0 Å². The van der Waals surface area contributed by atoms with Gasteiger partial charge < -0.3 is 9.72 Å². The van der Waals surface area contributed by atoms with Gasteiger partial charge in [-0.15, -0.1) is 0 Å². The number of aryl methyl sites for hydroxylation is 1. The van der Waals surface area contributed by atoms with Crippen LogP contribution in [-0.2, 0) is 11.2 Å². The molecule has 3 rings (SSSR count). The van der Waals surface area contributed by atoms with E-state index < -0.39 is 0 Å². The molecular weight excluding hydrogens is 334 g/mol. The number of hydrogen-bond donors (Lipinski definition) is 1. The molecule has 2 heterocycles. The van der Waals surface area contributed by atoms with Gasteiger partial charge in [-0.25, -0.2) is 4.98 Å². The fourth-order valence-corrected chi connectivity index (χ4v) is 2.93. The Morgan fingerprint density at radius 3 is 2.72 bits per heavy atom. The van der Waals surface area contributed by atoms with Crippen molar-refractivity contribution in [2.75, 3.05) is 0 Å². The average molecular weight is 356 g/mol. The lowest BCUT2D eigenvalue weighted by molar-refractivity contribution is -0.121. The molecule has 1 N–H and O–H groups in total. The van der Waals surface area contributed by atoms with Crippen molar-refractivity contribution >= 4 is 23.2 Å². The molecule has 0 bridgehead atoms. The monoisotopic (exact) mass is 355 g/mol. The zero-order valence-corrected chi connectivity index (χ0v) is 15.3. The molecule has 130 valence electrons. The van der Waals surface area contributed by atoms with Crippen LogP contribution >= 0.6 is 11.6 Å². The number of rotatable bonds is 6. The van der Waals surface area contributed by atoms with Crippen molar-refractivity contribution < 1.29 is 4.79 Å². The third-order valence-corrected chi connectivity index (χ3v) is 4.61. The lowest BCUT2D eigenvalue weighted by Crippen LogP contribution is -2.32. The highest BCUT2D eigenvalue weighted by molar-refractivity contribution is 6.30. The Morgan fingerprint density at radius 2 is 2.00 bits per heavy atom. The predicted octanol–water partition coefficient (Wildman–Crippen LogP) is 4.50. The minimum absolute atomic E-state index is 0.0716. The van der Waals surface area contributed by atoms with Gasteiger partial charge in [0.2, 0.25) is 5.91 Å². The van der Waals surface area contributed by atoms with Gasteiger partial charge in [0.15, 0.2) is 0 Å². The fraction of sp³-hybridized carbons (Fsp3) is 0.300. The van der Waals surface area contributed by atoms with Gasteiger partial charge in [0, 0.05) is 29.2 Å². The highest BCUT2D eigenvalue weighted by Gasteiger charge is 2.15. The summed E-state index contributed by atoms with van der Waals surface area (Å²) < 4.78 is 2.06. The van der Waals surface area contributed by atoms with E-state index in [0.29, 0.717) is 17.9 Å². The quantitative estimate of drug-likeness (QED) is 0.707. The van der Waals surface area contributed by atoms with Gasteiger partial charge in [0.1, 0.15) is 5.65 Å². The second kappa shape index (κ2) is 7.70. The summed E-state index contributed by atoms with van der Waals surface area (Å²) in [4.78, 5) is 16.9. The molecule has 3 aromatic rings. The molecule has 0 fully saturated rings. The van der Waals surface area contributed by atoms with Crippen LogP contribution in [-0.4, -0.2) is 21.3 Å². The van der Waals surface area contributed by atoms with Gasteiger partial charge in [0.05, 0.1) is 11.4 Å². The largest absolute Gasteiger partial charge is 0.354 e. The molecule has 0 aliphatic rings. The topological polar surface area (TPSA) is 46.4 Å². The van der Waals surface area contributed by atoms with Crippen molar-refractivity contribution in [3.05, 3.63) is 59.4 Å². The van der Waals surface area contributed by atoms with Gasteiger partial charge in [-0.05, 0) is 44.0 Å². The number of pyridine rings is 1. The van der Waals surface area contributed by atoms with Crippen LogP contribution in [0, 0.1) is 0 Å². The van der Waals surface area contributed by atoms with Crippen molar-refractivity contribution in [1.29, 1.82) is 0 Å². The van der Waals surface area contributed by atoms with E-state index >= 15 is 0 Å². The maximum atomic E-state index is 12.2. The van der Waals surface area contributed by atoms with Crippen LogP contribution in [0.25, 0.3) is 16.9 Å². The number of amides is 1. The predicted molar refractivity (Wildman–Crippen MR) is 102 cm³/mol. The first-order valence-corrected chi connectivity index (χ1v) is 8.97. The van der Waals surface area contributed by atoms with Crippen LogP contribution in [0.5, 0.6) is 0 Å². The summed E-state index contributed by atoms with van der Waals surface area (Å²) >= 11 is 6.00. The van der Waals surface area contributed by atoms with Crippen LogP contribution in [0.4, 0.5) is 0 Å². The molecule has 4 nitrogen and oxygen atoms in total. The van der Waals surface area contributed by atoms with Crippen LogP contribution < -0.4 is 5.32 Å². The van der Waals surface area contributed by atoms with E-state index in [9.17, 15) is 4.79 Å². The number of imidazole rings is 1. The normalized spacial score (nSPS) is 12.3. The Morgan fingerprint density at radius 1 is 1.24 bits per heavy atom. The van der Waals surface area contributed by atoms with E-state index in [1.54, 1.807) is 0 Å². The Labute approximate surface area is 152 Å². The van der Waals surface area contributed by atoms with E-state index in [2.05, 4.69) is 16.6 Å². The van der Waals surface area contributed by atoms with Crippen molar-refractivity contribution in [3.8, 4) is 11.3 Å². The lowest BCUT2D eigenvalue weighted by Gasteiger charge is -2.11. The Kier molecular flexibility index (Phi) is 5.39. The molecule has 1 aromatic carbocycles. The Bertz CT molecular complexity index is 870. The zero-order chi connectivity index (χ0) is 17.8. The van der Waals surface area contributed by atoms with Gasteiger partial charge >= 0.3 is 0 Å². The molecule has 25 heavy (non-hydrogen) atoms. The van der Waals surface area contributed by atoms with Gasteiger partial charge in [-0.3, -0.25) is 4.79 Å². The second-order valence-corrected chi connectivity index (χ2v) is 6.66. The van der Waals surface area contributed by atoms with Crippen LogP contribution in [0.1, 0.15) is 32.4 Å². The number of hydrogen-bond acceptors (Lipinski definition) is 2. The maximum absolute atomic E-state index is 12.2. The highest BCUT2D eigenvalue weighted by Crippen LogP contribution is 2.26. The summed E-state index contributed by atoms with van der Waals surface area (Å²) in [5, 5.41) is 3.72. The molecule has 0 saturated carbocycles. The average Bonchev–Trinajstić information content (AvgIpc) is 2.99. The Hall–Kier alpha value is -2.33. The maximum Gasteiger partial charge on any atom is 0.220 e. The molecule has 0 aliphatic heterocycles. The van der Waals surface area contributed by atoms with E-state index in [-0.39, 0.29) is 11.9 Å². The molecule has 0 unspecified atom stereocenters. The van der Waals surface area contributed by atoms with Crippen LogP contribution in [0.2, 0.25) is 5.02 Å². The number of benzene rings is 1. The van der Waals surface area contributed by atoms with Crippen molar-refractivity contribution in [1.82, 2.24) is 14.7 Å². The molecule has 5 heteroatoms. The summed E-state index contributed by atoms with van der Waals surface area (Å²) in [5.74, 6) is 0.0716. The number of nitrogens with zero attached hydrogens (tertiary/aromatic N) is 2. The third-order valence-electron chi connectivity index (χ3n) is 4.36. The first kappa shape index (κ1) is 17.5. The number of fused-ring (bicyclic) bond motifs is 1. The van der Waals surface area contributed by atoms with Gasteiger partial charge in [-0.1, -0.05) is 36.7 Å². The standard InChI is InChI=1S/C20H22ClN3O/c1-3-14(2)22-19(25)12-11-17-20(15-7-9-16(21)10-8-15)23-18-6-4-5-13-24(17)18/h4-10,13-14H,3,11-12H2,1-2H3,(H,22,25)/t14-/m0/s1. The lowest BCUT2D eigenvalue weighted by atomic mass is 10.1. The summed E-state index contributed by atoms with van der Waals surface area (Å²) in [6, 6.07) is 13.8. The highest BCUT2D eigenvalue weighted by atomic mass is 35.5.